The molecular formula is C23H24N4O3. The van der Waals surface area contributed by atoms with Crippen LogP contribution in [-0.2, 0) is 11.2 Å². The van der Waals surface area contributed by atoms with Gasteiger partial charge in [-0.2, -0.15) is 0 Å². The molecule has 0 radical (unpaired) electrons. The Bertz CT molecular complexity index is 1080. The Hall–Kier alpha value is -3.37. The third kappa shape index (κ3) is 4.00. The summed E-state index contributed by atoms with van der Waals surface area (Å²) in [6, 6.07) is -0.345. The Morgan fingerprint density at radius 3 is 3.00 bits per heavy atom. The van der Waals surface area contributed by atoms with E-state index in [0.29, 0.717) is 18.5 Å². The predicted octanol–water partition coefficient (Wildman–Crippen LogP) is 2.29. The van der Waals surface area contributed by atoms with Gasteiger partial charge in [0.15, 0.2) is 5.78 Å². The Balaban J connectivity index is 1.71. The molecule has 7 heteroatoms. The molecule has 30 heavy (non-hydrogen) atoms. The smallest absolute Gasteiger partial charge is 0.224 e. The summed E-state index contributed by atoms with van der Waals surface area (Å²) in [6.45, 7) is 2.28. The number of H-pyrrole nitrogens is 1. The molecule has 2 atom stereocenters. The Labute approximate surface area is 174 Å². The van der Waals surface area contributed by atoms with Crippen LogP contribution in [0.15, 0.2) is 46.5 Å². The molecule has 1 unspecified atom stereocenters. The van der Waals surface area contributed by atoms with Crippen molar-refractivity contribution in [1.82, 2.24) is 10.3 Å². The first-order chi connectivity index (χ1) is 14.6. The molecule has 1 amide bonds. The van der Waals surface area contributed by atoms with Gasteiger partial charge in [-0.25, -0.2) is 0 Å². The fraction of sp³-hybridized carbons (Fsp3) is 0.348. The van der Waals surface area contributed by atoms with Crippen molar-refractivity contribution in [3.05, 3.63) is 58.4 Å². The number of allylic oxidation sites excluding steroid dienone is 4. The largest absolute Gasteiger partial charge is 0.394 e. The summed E-state index contributed by atoms with van der Waals surface area (Å²) in [5.74, 6) is -0.754. The van der Waals surface area contributed by atoms with Crippen molar-refractivity contribution in [3.63, 3.8) is 0 Å². The minimum absolute atomic E-state index is 0.0805. The molecule has 2 aliphatic carbocycles. The lowest BCUT2D eigenvalue weighted by atomic mass is 9.85. The quantitative estimate of drug-likeness (QED) is 0.546. The summed E-state index contributed by atoms with van der Waals surface area (Å²) in [6.07, 6.45) is 10.6. The maximum Gasteiger partial charge on any atom is 0.224 e. The number of carbonyl (C=O) groups is 2. The number of hydrogen-bond acceptors (Lipinski definition) is 5. The van der Waals surface area contributed by atoms with Gasteiger partial charge in [-0.1, -0.05) is 11.8 Å². The van der Waals surface area contributed by atoms with Crippen LogP contribution in [0.3, 0.4) is 0 Å². The highest BCUT2D eigenvalue weighted by molar-refractivity contribution is 6.08. The van der Waals surface area contributed by atoms with Crippen LogP contribution < -0.4 is 10.6 Å². The van der Waals surface area contributed by atoms with Gasteiger partial charge in [0.2, 0.25) is 5.91 Å². The van der Waals surface area contributed by atoms with Crippen molar-refractivity contribution in [2.45, 2.75) is 32.2 Å². The molecule has 0 fully saturated rings. The Morgan fingerprint density at radius 1 is 1.43 bits per heavy atom. The van der Waals surface area contributed by atoms with Crippen LogP contribution in [0, 0.1) is 5.92 Å². The van der Waals surface area contributed by atoms with Gasteiger partial charge < -0.3 is 20.7 Å². The van der Waals surface area contributed by atoms with E-state index < -0.39 is 5.92 Å². The first-order valence-corrected chi connectivity index (χ1v) is 10.1. The number of dihydropyridines is 1. The maximum absolute atomic E-state index is 13.1. The number of fused-ring (bicyclic) bond motifs is 1. The van der Waals surface area contributed by atoms with Gasteiger partial charge in [-0.15, -0.1) is 0 Å². The third-order valence-corrected chi connectivity index (χ3v) is 5.39. The molecule has 154 valence electrons. The fourth-order valence-electron chi connectivity index (χ4n) is 3.87. The number of rotatable bonds is 6. The predicted molar refractivity (Wildman–Crippen MR) is 115 cm³/mol. The van der Waals surface area contributed by atoms with Gasteiger partial charge in [0.05, 0.1) is 35.2 Å². The number of nitrogens with one attached hydrogen (secondary N) is 3. The van der Waals surface area contributed by atoms with Crippen molar-refractivity contribution < 1.29 is 14.7 Å². The zero-order valence-electron chi connectivity index (χ0n) is 16.8. The van der Waals surface area contributed by atoms with Gasteiger partial charge in [0, 0.05) is 37.3 Å². The van der Waals surface area contributed by atoms with Gasteiger partial charge in [-0.05, 0) is 42.9 Å². The van der Waals surface area contributed by atoms with Crippen molar-refractivity contribution in [1.29, 1.82) is 0 Å². The fourth-order valence-corrected chi connectivity index (χ4v) is 3.87. The van der Waals surface area contributed by atoms with E-state index in [0.717, 1.165) is 34.8 Å². The highest BCUT2D eigenvalue weighted by atomic mass is 16.3. The summed E-state index contributed by atoms with van der Waals surface area (Å²) in [5.41, 5.74) is 10.6. The third-order valence-electron chi connectivity index (χ3n) is 5.39. The second kappa shape index (κ2) is 8.56. The molecule has 4 rings (SSSR count). The number of aromatic nitrogens is 1. The van der Waals surface area contributed by atoms with Crippen LogP contribution in [0.2, 0.25) is 0 Å². The molecule has 1 aromatic rings. The number of amides is 1. The number of ketones is 1. The molecule has 0 bridgehead atoms. The van der Waals surface area contributed by atoms with Gasteiger partial charge in [0.25, 0.3) is 0 Å². The highest BCUT2D eigenvalue weighted by Gasteiger charge is 2.35. The number of aliphatic imine (C=N–C) groups is 1. The summed E-state index contributed by atoms with van der Waals surface area (Å²) in [5, 5.41) is 15.3. The van der Waals surface area contributed by atoms with Crippen molar-refractivity contribution in [2.24, 2.45) is 10.9 Å². The summed E-state index contributed by atoms with van der Waals surface area (Å²) in [4.78, 5) is 33.3. The molecule has 7 nitrogen and oxygen atoms in total. The summed E-state index contributed by atoms with van der Waals surface area (Å²) in [7, 11) is 0. The standard InChI is InChI=1S/C23H24N4O3/c1-14(13-28)25-23(30)16-11-18-20(19(29)12-16)22(26-17-5-3-2-4-6-17)21(27-18)15-7-9-24-10-8-15/h2-3,5,7,9,14,16,26-28H,8,10-13H2,1H3,(H,25,30)/t14-,16?/m1/s1. The van der Waals surface area contributed by atoms with Crippen molar-refractivity contribution in [3.8, 4) is 0 Å². The van der Waals surface area contributed by atoms with Crippen LogP contribution in [0.25, 0.3) is 5.57 Å². The van der Waals surface area contributed by atoms with Gasteiger partial charge in [-0.3, -0.25) is 14.6 Å². The minimum Gasteiger partial charge on any atom is -0.394 e. The van der Waals surface area contributed by atoms with Crippen LogP contribution in [0.5, 0.6) is 0 Å². The highest BCUT2D eigenvalue weighted by Crippen LogP contribution is 2.38. The molecule has 3 aliphatic rings. The first-order valence-electron chi connectivity index (χ1n) is 10.1. The van der Waals surface area contributed by atoms with E-state index >= 15 is 0 Å². The van der Waals surface area contributed by atoms with E-state index in [1.807, 2.05) is 18.2 Å². The molecule has 0 saturated heterocycles. The number of aromatic amines is 1. The Morgan fingerprint density at radius 2 is 2.30 bits per heavy atom. The van der Waals surface area contributed by atoms with E-state index in [9.17, 15) is 14.7 Å². The molecule has 4 N–H and O–H groups in total. The number of aliphatic hydroxyl groups excluding tert-OH is 1. The normalized spacial score (nSPS) is 20.5. The minimum atomic E-state index is -0.461. The molecule has 2 heterocycles. The molecule has 0 aromatic carbocycles. The maximum atomic E-state index is 13.1. The lowest BCUT2D eigenvalue weighted by Crippen LogP contribution is -2.41. The monoisotopic (exact) mass is 404 g/mol. The zero-order valence-corrected chi connectivity index (χ0v) is 16.8. The van der Waals surface area contributed by atoms with E-state index in [4.69, 9.17) is 0 Å². The second-order valence-corrected chi connectivity index (χ2v) is 7.68. The number of carbonyl (C=O) groups excluding carboxylic acids is 2. The van der Waals surface area contributed by atoms with Crippen molar-refractivity contribution >= 4 is 29.2 Å². The van der Waals surface area contributed by atoms with E-state index in [1.165, 1.54) is 0 Å². The molecule has 1 aliphatic heterocycles. The zero-order chi connectivity index (χ0) is 21.1. The lowest BCUT2D eigenvalue weighted by Gasteiger charge is -2.23. The number of Topliss-reactive ketones (excluding diaryl/α,β-unsaturated/α-hetero) is 1. The van der Waals surface area contributed by atoms with Crippen LogP contribution in [-0.4, -0.2) is 47.2 Å². The van der Waals surface area contributed by atoms with Gasteiger partial charge in [0.1, 0.15) is 0 Å². The molecule has 0 spiro atoms. The lowest BCUT2D eigenvalue weighted by molar-refractivity contribution is -0.126. The van der Waals surface area contributed by atoms with E-state index in [2.05, 4.69) is 32.1 Å². The summed E-state index contributed by atoms with van der Waals surface area (Å²) >= 11 is 0. The van der Waals surface area contributed by atoms with Crippen molar-refractivity contribution in [2.75, 3.05) is 18.5 Å². The average molecular weight is 404 g/mol. The number of nitrogens with zero attached hydrogens (tertiary/aromatic N) is 1. The second-order valence-electron chi connectivity index (χ2n) is 7.68. The Kier molecular flexibility index (Phi) is 5.68. The molecule has 1 aromatic heterocycles. The van der Waals surface area contributed by atoms with E-state index in [-0.39, 0.29) is 30.8 Å². The van der Waals surface area contributed by atoms with Crippen LogP contribution in [0.1, 0.15) is 41.5 Å². The number of anilines is 1. The SMILES string of the molecule is C[C@H](CO)NC(=O)C1CC(=O)c2c([nH]c(C3=CC=NCC3)c2NC2=C=C=CC=C2)C1. The average Bonchev–Trinajstić information content (AvgIpc) is 3.13. The van der Waals surface area contributed by atoms with Crippen LogP contribution >= 0.6 is 0 Å². The van der Waals surface area contributed by atoms with Gasteiger partial charge >= 0.3 is 0 Å². The molecular weight excluding hydrogens is 380 g/mol. The topological polar surface area (TPSA) is 107 Å². The molecule has 0 saturated carbocycles. The summed E-state index contributed by atoms with van der Waals surface area (Å²) < 4.78 is 0. The first kappa shape index (κ1) is 19.9. The van der Waals surface area contributed by atoms with Crippen LogP contribution in [0.4, 0.5) is 5.69 Å². The number of hydrogen-bond donors (Lipinski definition) is 4. The van der Waals surface area contributed by atoms with E-state index in [1.54, 1.807) is 19.2 Å². The number of aliphatic hydroxyl groups is 1.